The third-order valence-corrected chi connectivity index (χ3v) is 2.45. The Bertz CT molecular complexity index is 350. The van der Waals surface area contributed by atoms with Crippen LogP contribution in [0.2, 0.25) is 0 Å². The number of aryl methyl sites for hydroxylation is 1. The monoisotopic (exact) mass is 200 g/mol. The molecule has 0 saturated heterocycles. The van der Waals surface area contributed by atoms with Crippen LogP contribution in [-0.2, 0) is 0 Å². The summed E-state index contributed by atoms with van der Waals surface area (Å²) in [6, 6.07) is 2.80. The third kappa shape index (κ3) is 2.01. The molecule has 1 N–H and O–H groups in total. The second-order valence-electron chi connectivity index (χ2n) is 2.63. The van der Waals surface area contributed by atoms with Crippen molar-refractivity contribution in [1.82, 2.24) is 0 Å². The van der Waals surface area contributed by atoms with Crippen molar-refractivity contribution in [1.29, 1.82) is 0 Å². The first kappa shape index (κ1) is 10.1. The van der Waals surface area contributed by atoms with Crippen LogP contribution < -0.4 is 0 Å². The zero-order valence-corrected chi connectivity index (χ0v) is 8.11. The van der Waals surface area contributed by atoms with Gasteiger partial charge in [-0.05, 0) is 30.9 Å². The molecule has 0 saturated carbocycles. The summed E-state index contributed by atoms with van der Waals surface area (Å²) >= 11 is 1.10. The number of aromatic carboxylic acids is 1. The van der Waals surface area contributed by atoms with Gasteiger partial charge in [0.15, 0.2) is 0 Å². The summed E-state index contributed by atoms with van der Waals surface area (Å²) in [6.07, 6.45) is 1.65. The smallest absolute Gasteiger partial charge is 0.336 e. The minimum atomic E-state index is -1.09. The topological polar surface area (TPSA) is 37.3 Å². The SMILES string of the molecule is CSc1c(F)cc(C)cc1C(=O)O. The van der Waals surface area contributed by atoms with Crippen molar-refractivity contribution < 1.29 is 14.3 Å². The Labute approximate surface area is 79.8 Å². The van der Waals surface area contributed by atoms with Crippen molar-refractivity contribution >= 4 is 17.7 Å². The molecular weight excluding hydrogens is 191 g/mol. The van der Waals surface area contributed by atoms with Gasteiger partial charge in [0.05, 0.1) is 10.5 Å². The Morgan fingerprint density at radius 3 is 2.62 bits per heavy atom. The summed E-state index contributed by atoms with van der Waals surface area (Å²) in [5.74, 6) is -1.56. The Hall–Kier alpha value is -1.03. The zero-order chi connectivity index (χ0) is 10.0. The van der Waals surface area contributed by atoms with Crippen LogP contribution in [0.4, 0.5) is 4.39 Å². The molecule has 0 fully saturated rings. The summed E-state index contributed by atoms with van der Waals surface area (Å²) in [6.45, 7) is 1.67. The number of carboxylic acid groups (broad SMARTS) is 1. The molecular formula is C9H9FO2S. The molecule has 0 spiro atoms. The van der Waals surface area contributed by atoms with Crippen LogP contribution in [0.25, 0.3) is 0 Å². The molecule has 0 bridgehead atoms. The molecule has 2 nitrogen and oxygen atoms in total. The Kier molecular flexibility index (Phi) is 2.93. The highest BCUT2D eigenvalue weighted by Crippen LogP contribution is 2.25. The van der Waals surface area contributed by atoms with Gasteiger partial charge in [-0.1, -0.05) is 0 Å². The van der Waals surface area contributed by atoms with E-state index in [-0.39, 0.29) is 10.5 Å². The van der Waals surface area contributed by atoms with Gasteiger partial charge in [0.25, 0.3) is 0 Å². The van der Waals surface area contributed by atoms with E-state index in [4.69, 9.17) is 5.11 Å². The minimum Gasteiger partial charge on any atom is -0.478 e. The highest BCUT2D eigenvalue weighted by atomic mass is 32.2. The number of hydrogen-bond acceptors (Lipinski definition) is 2. The maximum atomic E-state index is 13.2. The van der Waals surface area contributed by atoms with Crippen LogP contribution in [0.5, 0.6) is 0 Å². The highest BCUT2D eigenvalue weighted by molar-refractivity contribution is 7.98. The van der Waals surface area contributed by atoms with Crippen LogP contribution in [0.3, 0.4) is 0 Å². The van der Waals surface area contributed by atoms with Crippen LogP contribution in [0.15, 0.2) is 17.0 Å². The fourth-order valence-corrected chi connectivity index (χ4v) is 1.72. The predicted octanol–water partition coefficient (Wildman–Crippen LogP) is 2.55. The van der Waals surface area contributed by atoms with E-state index >= 15 is 0 Å². The summed E-state index contributed by atoms with van der Waals surface area (Å²) < 4.78 is 13.2. The number of halogens is 1. The first-order valence-corrected chi connectivity index (χ1v) is 4.86. The molecule has 1 aromatic carbocycles. The first-order chi connectivity index (χ1) is 6.06. The van der Waals surface area contributed by atoms with E-state index < -0.39 is 11.8 Å². The maximum absolute atomic E-state index is 13.2. The largest absolute Gasteiger partial charge is 0.478 e. The molecule has 0 heterocycles. The fourth-order valence-electron chi connectivity index (χ4n) is 1.10. The molecule has 0 aromatic heterocycles. The van der Waals surface area contributed by atoms with Crippen LogP contribution >= 0.6 is 11.8 Å². The van der Waals surface area contributed by atoms with Crippen molar-refractivity contribution in [2.45, 2.75) is 11.8 Å². The lowest BCUT2D eigenvalue weighted by Gasteiger charge is -2.05. The van der Waals surface area contributed by atoms with Crippen molar-refractivity contribution in [3.8, 4) is 0 Å². The summed E-state index contributed by atoms with van der Waals surface area (Å²) in [4.78, 5) is 10.9. The number of benzene rings is 1. The molecule has 4 heteroatoms. The molecule has 0 aliphatic rings. The zero-order valence-electron chi connectivity index (χ0n) is 7.30. The second kappa shape index (κ2) is 3.79. The average Bonchev–Trinajstić information content (AvgIpc) is 2.02. The molecule has 1 aromatic rings. The molecule has 13 heavy (non-hydrogen) atoms. The molecule has 0 radical (unpaired) electrons. The molecule has 70 valence electrons. The van der Waals surface area contributed by atoms with Crippen LogP contribution in [-0.4, -0.2) is 17.3 Å². The molecule has 1 rings (SSSR count). The van der Waals surface area contributed by atoms with Gasteiger partial charge in [0.2, 0.25) is 0 Å². The lowest BCUT2D eigenvalue weighted by Crippen LogP contribution is -2.01. The average molecular weight is 200 g/mol. The van der Waals surface area contributed by atoms with Gasteiger partial charge in [-0.3, -0.25) is 0 Å². The summed E-state index contributed by atoms with van der Waals surface area (Å²) in [5, 5.41) is 8.77. The van der Waals surface area contributed by atoms with Crippen molar-refractivity contribution in [3.05, 3.63) is 29.1 Å². The van der Waals surface area contributed by atoms with Crippen molar-refractivity contribution in [3.63, 3.8) is 0 Å². The molecule has 0 aliphatic heterocycles. The van der Waals surface area contributed by atoms with E-state index in [0.717, 1.165) is 11.8 Å². The molecule has 0 aliphatic carbocycles. The number of thioether (sulfide) groups is 1. The molecule has 0 atom stereocenters. The van der Waals surface area contributed by atoms with Gasteiger partial charge in [-0.2, -0.15) is 0 Å². The third-order valence-electron chi connectivity index (χ3n) is 1.62. The van der Waals surface area contributed by atoms with Gasteiger partial charge in [0, 0.05) is 0 Å². The van der Waals surface area contributed by atoms with Crippen molar-refractivity contribution in [2.75, 3.05) is 6.26 Å². The first-order valence-electron chi connectivity index (χ1n) is 3.63. The lowest BCUT2D eigenvalue weighted by atomic mass is 10.1. The predicted molar refractivity (Wildman–Crippen MR) is 49.9 cm³/mol. The number of carbonyl (C=O) groups is 1. The Morgan fingerprint density at radius 1 is 1.54 bits per heavy atom. The van der Waals surface area contributed by atoms with E-state index in [1.165, 1.54) is 12.1 Å². The van der Waals surface area contributed by atoms with E-state index in [9.17, 15) is 9.18 Å². The highest BCUT2D eigenvalue weighted by Gasteiger charge is 2.14. The Morgan fingerprint density at radius 2 is 2.15 bits per heavy atom. The molecule has 0 amide bonds. The standard InChI is InChI=1S/C9H9FO2S/c1-5-3-6(9(11)12)8(13-2)7(10)4-5/h3-4H,1-2H3,(H,11,12). The van der Waals surface area contributed by atoms with E-state index in [1.807, 2.05) is 0 Å². The van der Waals surface area contributed by atoms with E-state index in [2.05, 4.69) is 0 Å². The summed E-state index contributed by atoms with van der Waals surface area (Å²) in [7, 11) is 0. The van der Waals surface area contributed by atoms with E-state index in [0.29, 0.717) is 5.56 Å². The van der Waals surface area contributed by atoms with Crippen molar-refractivity contribution in [2.24, 2.45) is 0 Å². The van der Waals surface area contributed by atoms with Gasteiger partial charge in [0.1, 0.15) is 5.82 Å². The maximum Gasteiger partial charge on any atom is 0.336 e. The minimum absolute atomic E-state index is 0.0324. The fraction of sp³-hybridized carbons (Fsp3) is 0.222. The number of hydrogen-bond donors (Lipinski definition) is 1. The second-order valence-corrected chi connectivity index (χ2v) is 3.45. The van der Waals surface area contributed by atoms with Crippen LogP contribution in [0, 0.1) is 12.7 Å². The van der Waals surface area contributed by atoms with Crippen LogP contribution in [0.1, 0.15) is 15.9 Å². The van der Waals surface area contributed by atoms with Gasteiger partial charge < -0.3 is 5.11 Å². The summed E-state index contributed by atoms with van der Waals surface area (Å²) in [5.41, 5.74) is 0.651. The quantitative estimate of drug-likeness (QED) is 0.745. The normalized spacial score (nSPS) is 10.1. The number of carboxylic acids is 1. The van der Waals surface area contributed by atoms with Gasteiger partial charge in [-0.15, -0.1) is 11.8 Å². The van der Waals surface area contributed by atoms with Gasteiger partial charge >= 0.3 is 5.97 Å². The van der Waals surface area contributed by atoms with E-state index in [1.54, 1.807) is 13.2 Å². The number of rotatable bonds is 2. The lowest BCUT2D eigenvalue weighted by molar-refractivity contribution is 0.0692. The van der Waals surface area contributed by atoms with Gasteiger partial charge in [-0.25, -0.2) is 9.18 Å². The molecule has 0 unspecified atom stereocenters. The Balaban J connectivity index is 3.38.